The Labute approximate surface area is 140 Å². The first-order valence-corrected chi connectivity index (χ1v) is 7.64. The summed E-state index contributed by atoms with van der Waals surface area (Å²) in [7, 11) is 0. The highest BCUT2D eigenvalue weighted by Gasteiger charge is 2.60. The Balaban J connectivity index is 1.97. The standard InChI is InChI=1S/C17H21N3O4/c1-10(2)8-13-14(17(13,3)4)16(22)19-18-15(21)11-6-5-7-12(9-11)20(23)24/h5-9,13-14H,1-4H3,(H,18,21)(H,19,22). The van der Waals surface area contributed by atoms with Gasteiger partial charge in [-0.05, 0) is 31.2 Å². The molecule has 0 spiro atoms. The van der Waals surface area contributed by atoms with Gasteiger partial charge in [-0.15, -0.1) is 0 Å². The van der Waals surface area contributed by atoms with Crippen LogP contribution in [0, 0.1) is 27.4 Å². The molecule has 1 aromatic rings. The molecule has 2 rings (SSSR count). The molecule has 0 saturated heterocycles. The number of hydrogen-bond acceptors (Lipinski definition) is 4. The SMILES string of the molecule is CC(C)=CC1C(C(=O)NNC(=O)c2cccc([N+](=O)[O-])c2)C1(C)C. The summed E-state index contributed by atoms with van der Waals surface area (Å²) in [5.41, 5.74) is 5.65. The summed E-state index contributed by atoms with van der Waals surface area (Å²) >= 11 is 0. The second kappa shape index (κ2) is 6.43. The van der Waals surface area contributed by atoms with Crippen molar-refractivity contribution in [2.24, 2.45) is 17.3 Å². The van der Waals surface area contributed by atoms with Crippen molar-refractivity contribution < 1.29 is 14.5 Å². The summed E-state index contributed by atoms with van der Waals surface area (Å²) in [5, 5.41) is 10.7. The van der Waals surface area contributed by atoms with Crippen LogP contribution in [0.3, 0.4) is 0 Å². The van der Waals surface area contributed by atoms with Crippen LogP contribution < -0.4 is 10.9 Å². The second-order valence-corrected chi connectivity index (χ2v) is 6.82. The Morgan fingerprint density at radius 3 is 2.50 bits per heavy atom. The van der Waals surface area contributed by atoms with Gasteiger partial charge in [0.25, 0.3) is 11.6 Å². The highest BCUT2D eigenvalue weighted by molar-refractivity contribution is 5.96. The van der Waals surface area contributed by atoms with E-state index >= 15 is 0 Å². The van der Waals surface area contributed by atoms with Crippen LogP contribution in [0.1, 0.15) is 38.1 Å². The number of carbonyl (C=O) groups excluding carboxylic acids is 2. The number of nitro groups is 1. The lowest BCUT2D eigenvalue weighted by Gasteiger charge is -2.08. The number of hydrogen-bond donors (Lipinski definition) is 2. The lowest BCUT2D eigenvalue weighted by molar-refractivity contribution is -0.384. The van der Waals surface area contributed by atoms with Crippen LogP contribution in [0.15, 0.2) is 35.9 Å². The fourth-order valence-corrected chi connectivity index (χ4v) is 2.88. The van der Waals surface area contributed by atoms with E-state index in [1.165, 1.54) is 18.2 Å². The number of nitro benzene ring substituents is 1. The molecule has 0 heterocycles. The highest BCUT2D eigenvalue weighted by atomic mass is 16.6. The molecule has 7 heteroatoms. The van der Waals surface area contributed by atoms with Gasteiger partial charge in [0.1, 0.15) is 0 Å². The molecule has 1 aliphatic rings. The van der Waals surface area contributed by atoms with Gasteiger partial charge < -0.3 is 0 Å². The van der Waals surface area contributed by atoms with Gasteiger partial charge in [-0.25, -0.2) is 0 Å². The van der Waals surface area contributed by atoms with Crippen molar-refractivity contribution in [3.8, 4) is 0 Å². The van der Waals surface area contributed by atoms with Crippen molar-refractivity contribution in [1.82, 2.24) is 10.9 Å². The lowest BCUT2D eigenvalue weighted by Crippen LogP contribution is -2.43. The number of non-ortho nitro benzene ring substituents is 1. The van der Waals surface area contributed by atoms with Crippen LogP contribution in [0.25, 0.3) is 0 Å². The number of allylic oxidation sites excluding steroid dienone is 2. The molecular formula is C17H21N3O4. The first-order valence-electron chi connectivity index (χ1n) is 7.64. The van der Waals surface area contributed by atoms with E-state index in [0.717, 1.165) is 11.6 Å². The van der Waals surface area contributed by atoms with Gasteiger partial charge in [-0.3, -0.25) is 30.6 Å². The zero-order valence-electron chi connectivity index (χ0n) is 14.1. The molecule has 7 nitrogen and oxygen atoms in total. The third-order valence-corrected chi connectivity index (χ3v) is 4.32. The number of nitrogens with one attached hydrogen (secondary N) is 2. The van der Waals surface area contributed by atoms with Crippen molar-refractivity contribution >= 4 is 17.5 Å². The Morgan fingerprint density at radius 2 is 1.92 bits per heavy atom. The van der Waals surface area contributed by atoms with E-state index in [0.29, 0.717) is 0 Å². The summed E-state index contributed by atoms with van der Waals surface area (Å²) in [6.07, 6.45) is 2.06. The van der Waals surface area contributed by atoms with Crippen LogP contribution >= 0.6 is 0 Å². The van der Waals surface area contributed by atoms with Gasteiger partial charge in [-0.2, -0.15) is 0 Å². The molecular weight excluding hydrogens is 310 g/mol. The molecule has 2 amide bonds. The Bertz CT molecular complexity index is 720. The maximum absolute atomic E-state index is 12.3. The van der Waals surface area contributed by atoms with E-state index in [-0.39, 0.29) is 34.4 Å². The maximum atomic E-state index is 12.3. The minimum absolute atomic E-state index is 0.111. The van der Waals surface area contributed by atoms with E-state index < -0.39 is 10.8 Å². The summed E-state index contributed by atoms with van der Waals surface area (Å²) in [6.45, 7) is 7.97. The molecule has 0 radical (unpaired) electrons. The molecule has 0 bridgehead atoms. The van der Waals surface area contributed by atoms with E-state index in [4.69, 9.17) is 0 Å². The molecule has 2 N–H and O–H groups in total. The summed E-state index contributed by atoms with van der Waals surface area (Å²) < 4.78 is 0. The van der Waals surface area contributed by atoms with Crippen molar-refractivity contribution in [3.63, 3.8) is 0 Å². The largest absolute Gasteiger partial charge is 0.273 e. The van der Waals surface area contributed by atoms with Crippen LogP contribution in [0.5, 0.6) is 0 Å². The average molecular weight is 331 g/mol. The first kappa shape index (κ1) is 17.7. The van der Waals surface area contributed by atoms with E-state index in [1.807, 2.05) is 27.7 Å². The minimum atomic E-state index is -0.593. The van der Waals surface area contributed by atoms with Gasteiger partial charge >= 0.3 is 0 Å². The van der Waals surface area contributed by atoms with Gasteiger partial charge in [-0.1, -0.05) is 31.6 Å². The highest BCUT2D eigenvalue weighted by Crippen LogP contribution is 2.59. The van der Waals surface area contributed by atoms with Crippen molar-refractivity contribution in [1.29, 1.82) is 0 Å². The smallest absolute Gasteiger partial charge is 0.270 e. The van der Waals surface area contributed by atoms with Crippen molar-refractivity contribution in [2.75, 3.05) is 0 Å². The number of carbonyl (C=O) groups is 2. The van der Waals surface area contributed by atoms with Crippen LogP contribution in [-0.4, -0.2) is 16.7 Å². The van der Waals surface area contributed by atoms with Crippen LogP contribution in [0.4, 0.5) is 5.69 Å². The summed E-state index contributed by atoms with van der Waals surface area (Å²) in [4.78, 5) is 34.4. The normalized spacial score (nSPS) is 20.7. The number of benzene rings is 1. The van der Waals surface area contributed by atoms with E-state index in [2.05, 4.69) is 16.9 Å². The first-order chi connectivity index (χ1) is 11.1. The molecule has 2 unspecified atom stereocenters. The lowest BCUT2D eigenvalue weighted by atomic mass is 10.1. The number of hydrazine groups is 1. The van der Waals surface area contributed by atoms with E-state index in [1.54, 1.807) is 0 Å². The van der Waals surface area contributed by atoms with Gasteiger partial charge in [0.05, 0.1) is 10.8 Å². The molecule has 2 atom stereocenters. The summed E-state index contributed by atoms with van der Waals surface area (Å²) in [5.74, 6) is -0.930. The molecule has 1 fully saturated rings. The molecule has 1 saturated carbocycles. The maximum Gasteiger partial charge on any atom is 0.270 e. The van der Waals surface area contributed by atoms with Gasteiger partial charge in [0, 0.05) is 17.7 Å². The number of amides is 2. The quantitative estimate of drug-likeness (QED) is 0.503. The fourth-order valence-electron chi connectivity index (χ4n) is 2.88. The number of nitrogens with zero attached hydrogens (tertiary/aromatic N) is 1. The second-order valence-electron chi connectivity index (χ2n) is 6.82. The molecule has 0 aromatic heterocycles. The zero-order valence-corrected chi connectivity index (χ0v) is 14.1. The molecule has 0 aliphatic heterocycles. The Kier molecular flexibility index (Phi) is 4.73. The Morgan fingerprint density at radius 1 is 1.25 bits per heavy atom. The monoisotopic (exact) mass is 331 g/mol. The molecule has 1 aliphatic carbocycles. The third kappa shape index (κ3) is 3.61. The Hall–Kier alpha value is -2.70. The van der Waals surface area contributed by atoms with Crippen molar-refractivity contribution in [3.05, 3.63) is 51.6 Å². The zero-order chi connectivity index (χ0) is 18.1. The average Bonchev–Trinajstić information content (AvgIpc) is 3.04. The predicted octanol–water partition coefficient (Wildman–Crippen LogP) is 2.59. The molecule has 128 valence electrons. The predicted molar refractivity (Wildman–Crippen MR) is 88.9 cm³/mol. The van der Waals surface area contributed by atoms with Gasteiger partial charge in [0.2, 0.25) is 5.91 Å². The third-order valence-electron chi connectivity index (χ3n) is 4.32. The van der Waals surface area contributed by atoms with Crippen LogP contribution in [0.2, 0.25) is 0 Å². The topological polar surface area (TPSA) is 101 Å². The van der Waals surface area contributed by atoms with Crippen molar-refractivity contribution in [2.45, 2.75) is 27.7 Å². The minimum Gasteiger partial charge on any atom is -0.273 e. The summed E-state index contributed by atoms with van der Waals surface area (Å²) in [6, 6.07) is 5.33. The fraction of sp³-hybridized carbons (Fsp3) is 0.412. The van der Waals surface area contributed by atoms with Crippen LogP contribution in [-0.2, 0) is 4.79 Å². The molecule has 24 heavy (non-hydrogen) atoms. The van der Waals surface area contributed by atoms with Gasteiger partial charge in [0.15, 0.2) is 0 Å². The van der Waals surface area contributed by atoms with E-state index in [9.17, 15) is 19.7 Å². The number of rotatable bonds is 4. The molecule has 1 aromatic carbocycles.